The Morgan fingerprint density at radius 2 is 1.79 bits per heavy atom. The van der Waals surface area contributed by atoms with Crippen molar-refractivity contribution in [2.75, 3.05) is 18.5 Å². The average molecular weight is 540 g/mol. The predicted molar refractivity (Wildman–Crippen MR) is 136 cm³/mol. The van der Waals surface area contributed by atoms with Gasteiger partial charge in [0.15, 0.2) is 11.6 Å². The summed E-state index contributed by atoms with van der Waals surface area (Å²) in [6, 6.07) is 14.3. The number of fused-ring (bicyclic) bond motifs is 1. The highest BCUT2D eigenvalue weighted by atomic mass is 19.4. The van der Waals surface area contributed by atoms with Gasteiger partial charge in [0.1, 0.15) is 29.6 Å². The smallest absolute Gasteiger partial charge is 0.433 e. The minimum absolute atomic E-state index is 0.0162. The maximum Gasteiger partial charge on any atom is 0.433 e. The number of rotatable bonds is 8. The lowest BCUT2D eigenvalue weighted by molar-refractivity contribution is -0.141. The lowest BCUT2D eigenvalue weighted by Gasteiger charge is -2.09. The van der Waals surface area contributed by atoms with E-state index >= 15 is 0 Å². The number of ether oxygens (including phenoxy) is 1. The molecule has 4 N–H and O–H groups in total. The summed E-state index contributed by atoms with van der Waals surface area (Å²) < 4.78 is 73.5. The van der Waals surface area contributed by atoms with Gasteiger partial charge in [0, 0.05) is 17.5 Å². The standard InChI is InChI=1S/C27H21F5N6O/c28-18-3-1-4-20(24(18)29)35-14-23-37-25(26(38-23)21-5-2-6-22(36-21)27(30,31)32)15-7-8-19-16(11-15)12-17(13-34-19)39-10-9-33/h1-8,11-13,35H,9-10,14,33H2,(H,37,38). The van der Waals surface area contributed by atoms with Gasteiger partial charge in [-0.2, -0.15) is 13.2 Å². The molecule has 0 saturated carbocycles. The number of alkyl halides is 3. The molecule has 0 spiro atoms. The van der Waals surface area contributed by atoms with Crippen LogP contribution in [0.5, 0.6) is 5.75 Å². The number of anilines is 1. The predicted octanol–water partition coefficient (Wildman–Crippen LogP) is 5.93. The molecule has 0 bridgehead atoms. The average Bonchev–Trinajstić information content (AvgIpc) is 3.36. The molecule has 0 aliphatic rings. The van der Waals surface area contributed by atoms with Crippen LogP contribution >= 0.6 is 0 Å². The largest absolute Gasteiger partial charge is 0.491 e. The third kappa shape index (κ3) is 5.65. The van der Waals surface area contributed by atoms with Gasteiger partial charge in [0.25, 0.3) is 0 Å². The number of benzene rings is 2. The second-order valence-electron chi connectivity index (χ2n) is 8.48. The Kier molecular flexibility index (Phi) is 7.11. The second-order valence-corrected chi connectivity index (χ2v) is 8.48. The first-order valence-electron chi connectivity index (χ1n) is 11.8. The number of imidazole rings is 1. The Morgan fingerprint density at radius 3 is 2.59 bits per heavy atom. The van der Waals surface area contributed by atoms with Gasteiger partial charge in [-0.05, 0) is 42.5 Å². The van der Waals surface area contributed by atoms with E-state index in [0.717, 1.165) is 12.1 Å². The van der Waals surface area contributed by atoms with Crippen molar-refractivity contribution < 1.29 is 26.7 Å². The third-order valence-corrected chi connectivity index (χ3v) is 5.76. The summed E-state index contributed by atoms with van der Waals surface area (Å²) in [5.41, 5.74) is 6.12. The monoisotopic (exact) mass is 540 g/mol. The molecule has 0 amide bonds. The fourth-order valence-corrected chi connectivity index (χ4v) is 3.97. The van der Waals surface area contributed by atoms with Crippen LogP contribution in [0, 0.1) is 11.6 Å². The number of pyridine rings is 2. The number of nitrogens with two attached hydrogens (primary N) is 1. The van der Waals surface area contributed by atoms with Crippen molar-refractivity contribution in [3.63, 3.8) is 0 Å². The number of nitrogens with one attached hydrogen (secondary N) is 2. The lowest BCUT2D eigenvalue weighted by atomic mass is 10.1. The summed E-state index contributed by atoms with van der Waals surface area (Å²) >= 11 is 0. The van der Waals surface area contributed by atoms with Crippen LogP contribution in [0.25, 0.3) is 33.5 Å². The highest BCUT2D eigenvalue weighted by molar-refractivity contribution is 5.87. The van der Waals surface area contributed by atoms with Crippen LogP contribution in [-0.4, -0.2) is 33.1 Å². The molecule has 5 rings (SSSR count). The van der Waals surface area contributed by atoms with E-state index in [-0.39, 0.29) is 29.4 Å². The first-order valence-corrected chi connectivity index (χ1v) is 11.8. The minimum atomic E-state index is -4.65. The van der Waals surface area contributed by atoms with E-state index in [1.165, 1.54) is 24.3 Å². The lowest BCUT2D eigenvalue weighted by Crippen LogP contribution is -2.10. The first kappa shape index (κ1) is 26.0. The molecule has 200 valence electrons. The molecule has 7 nitrogen and oxygen atoms in total. The molecule has 3 heterocycles. The van der Waals surface area contributed by atoms with Crippen molar-refractivity contribution >= 4 is 16.6 Å². The van der Waals surface area contributed by atoms with Crippen molar-refractivity contribution in [3.05, 3.63) is 90.0 Å². The van der Waals surface area contributed by atoms with E-state index in [1.807, 2.05) is 0 Å². The van der Waals surface area contributed by atoms with E-state index in [0.29, 0.717) is 41.1 Å². The van der Waals surface area contributed by atoms with Crippen molar-refractivity contribution in [2.45, 2.75) is 12.7 Å². The van der Waals surface area contributed by atoms with E-state index in [1.54, 1.807) is 30.5 Å². The van der Waals surface area contributed by atoms with Crippen LogP contribution in [0.4, 0.5) is 27.6 Å². The SMILES string of the molecule is NCCOc1cnc2ccc(-c3[nH]c(CNc4cccc(F)c4F)nc3-c3cccc(C(F)(F)F)n3)cc2c1. The number of aromatic amines is 1. The fraction of sp³-hybridized carbons (Fsp3) is 0.148. The number of aromatic nitrogens is 4. The van der Waals surface area contributed by atoms with Crippen molar-refractivity contribution in [1.82, 2.24) is 19.9 Å². The van der Waals surface area contributed by atoms with Gasteiger partial charge in [-0.15, -0.1) is 0 Å². The molecular weight excluding hydrogens is 519 g/mol. The minimum Gasteiger partial charge on any atom is -0.491 e. The molecule has 0 atom stereocenters. The number of hydrogen-bond donors (Lipinski definition) is 3. The molecule has 3 aromatic heterocycles. The Labute approximate surface area is 218 Å². The normalized spacial score (nSPS) is 11.6. The van der Waals surface area contributed by atoms with Gasteiger partial charge < -0.3 is 20.8 Å². The van der Waals surface area contributed by atoms with Gasteiger partial charge in [-0.25, -0.2) is 18.7 Å². The Bertz CT molecular complexity index is 1640. The van der Waals surface area contributed by atoms with E-state index in [2.05, 4.69) is 25.3 Å². The van der Waals surface area contributed by atoms with Crippen LogP contribution < -0.4 is 15.8 Å². The third-order valence-electron chi connectivity index (χ3n) is 5.76. The summed E-state index contributed by atoms with van der Waals surface area (Å²) in [7, 11) is 0. The van der Waals surface area contributed by atoms with Gasteiger partial charge in [-0.3, -0.25) is 4.98 Å². The topological polar surface area (TPSA) is 102 Å². The first-order chi connectivity index (χ1) is 18.7. The van der Waals surface area contributed by atoms with E-state index < -0.39 is 23.5 Å². The van der Waals surface area contributed by atoms with Crippen LogP contribution in [0.15, 0.2) is 66.9 Å². The van der Waals surface area contributed by atoms with Crippen LogP contribution in [0.3, 0.4) is 0 Å². The van der Waals surface area contributed by atoms with Crippen LogP contribution in [0.2, 0.25) is 0 Å². The fourth-order valence-electron chi connectivity index (χ4n) is 3.97. The molecule has 5 aromatic rings. The number of hydrogen-bond acceptors (Lipinski definition) is 6. The maximum atomic E-state index is 14.1. The number of halogens is 5. The van der Waals surface area contributed by atoms with Gasteiger partial charge in [0.05, 0.1) is 35.3 Å². The highest BCUT2D eigenvalue weighted by Crippen LogP contribution is 2.34. The van der Waals surface area contributed by atoms with Crippen LogP contribution in [0.1, 0.15) is 11.5 Å². The van der Waals surface area contributed by atoms with E-state index in [4.69, 9.17) is 10.5 Å². The molecule has 39 heavy (non-hydrogen) atoms. The zero-order valence-electron chi connectivity index (χ0n) is 20.2. The molecule has 0 fully saturated rings. The summed E-state index contributed by atoms with van der Waals surface area (Å²) in [4.78, 5) is 15.7. The Hall–Kier alpha value is -4.58. The molecule has 0 radical (unpaired) electrons. The zero-order valence-corrected chi connectivity index (χ0v) is 20.2. The van der Waals surface area contributed by atoms with E-state index in [9.17, 15) is 22.0 Å². The van der Waals surface area contributed by atoms with Crippen molar-refractivity contribution in [2.24, 2.45) is 5.73 Å². The number of H-pyrrole nitrogens is 1. The summed E-state index contributed by atoms with van der Waals surface area (Å²) in [5, 5.41) is 3.47. The van der Waals surface area contributed by atoms with Crippen LogP contribution in [-0.2, 0) is 12.7 Å². The maximum absolute atomic E-state index is 14.1. The second kappa shape index (κ2) is 10.7. The molecular formula is C27H21F5N6O. The van der Waals surface area contributed by atoms with Crippen molar-refractivity contribution in [3.8, 4) is 28.4 Å². The molecule has 2 aromatic carbocycles. The summed E-state index contributed by atoms with van der Waals surface area (Å²) in [6.07, 6.45) is -3.08. The number of nitrogens with zero attached hydrogens (tertiary/aromatic N) is 3. The molecule has 12 heteroatoms. The zero-order chi connectivity index (χ0) is 27.6. The van der Waals surface area contributed by atoms with Crippen molar-refractivity contribution in [1.29, 1.82) is 0 Å². The van der Waals surface area contributed by atoms with Gasteiger partial charge in [-0.1, -0.05) is 18.2 Å². The highest BCUT2D eigenvalue weighted by Gasteiger charge is 2.33. The molecule has 0 aliphatic heterocycles. The Balaban J connectivity index is 1.57. The molecule has 0 saturated heterocycles. The van der Waals surface area contributed by atoms with Gasteiger partial charge in [0.2, 0.25) is 0 Å². The Morgan fingerprint density at radius 1 is 0.974 bits per heavy atom. The molecule has 0 unspecified atom stereocenters. The quantitative estimate of drug-likeness (QED) is 0.211. The van der Waals surface area contributed by atoms with Gasteiger partial charge >= 0.3 is 6.18 Å². The summed E-state index contributed by atoms with van der Waals surface area (Å²) in [6.45, 7) is 0.565. The molecule has 0 aliphatic carbocycles. The summed E-state index contributed by atoms with van der Waals surface area (Å²) in [5.74, 6) is -1.30.